The van der Waals surface area contributed by atoms with E-state index in [0.29, 0.717) is 0 Å². The second-order valence-corrected chi connectivity index (χ2v) is 11.9. The molecule has 0 saturated heterocycles. The van der Waals surface area contributed by atoms with Gasteiger partial charge in [0.25, 0.3) is 0 Å². The molecule has 5 rings (SSSR count). The zero-order valence-electron chi connectivity index (χ0n) is 21.8. The molecule has 0 aliphatic carbocycles. The molecule has 5 aromatic rings. The number of benzene rings is 3. The third kappa shape index (κ3) is 4.44. The first-order valence-corrected chi connectivity index (χ1v) is 13.1. The van der Waals surface area contributed by atoms with Gasteiger partial charge in [-0.15, -0.1) is 11.3 Å². The Morgan fingerprint density at radius 2 is 1.31 bits per heavy atom. The molecule has 1 nitrogen and oxygen atoms in total. The third-order valence-corrected chi connectivity index (χ3v) is 8.15. The normalized spacial score (nSPS) is 11.9. The number of pyridine rings is 1. The number of thiophene rings is 1. The Morgan fingerprint density at radius 3 is 1.97 bits per heavy atom. The van der Waals surface area contributed by atoms with Gasteiger partial charge in [-0.05, 0) is 90.6 Å². The maximum atomic E-state index is 4.85. The van der Waals surface area contributed by atoms with E-state index in [0.717, 1.165) is 5.69 Å². The summed E-state index contributed by atoms with van der Waals surface area (Å²) < 4.78 is 1.27. The van der Waals surface area contributed by atoms with Gasteiger partial charge in [0.15, 0.2) is 0 Å². The van der Waals surface area contributed by atoms with Crippen molar-refractivity contribution >= 4 is 21.4 Å². The van der Waals surface area contributed by atoms with E-state index in [-0.39, 0.29) is 5.41 Å². The van der Waals surface area contributed by atoms with Crippen LogP contribution in [-0.4, -0.2) is 4.98 Å². The van der Waals surface area contributed by atoms with Crippen LogP contribution in [0.1, 0.15) is 48.6 Å². The van der Waals surface area contributed by atoms with Crippen LogP contribution in [0.25, 0.3) is 42.9 Å². The van der Waals surface area contributed by atoms with E-state index in [1.54, 1.807) is 0 Å². The molecule has 2 aromatic heterocycles. The highest BCUT2D eigenvalue weighted by Gasteiger charge is 2.23. The highest BCUT2D eigenvalue weighted by Crippen LogP contribution is 2.45. The van der Waals surface area contributed by atoms with Gasteiger partial charge in [-0.1, -0.05) is 79.9 Å². The standard InChI is InChI=1S/C33H33NS/c1-20-8-10-24(11-9-20)25-12-13-28(29(19-25)33(5,6)7)31-23(4)27-14-15-34-30(32(27)35-31)26-17-21(2)16-22(3)18-26/h8-19H,1-7H3. The summed E-state index contributed by atoms with van der Waals surface area (Å²) in [5, 5.41) is 1.30. The minimum atomic E-state index is 0.0212. The summed E-state index contributed by atoms with van der Waals surface area (Å²) in [6, 6.07) is 24.7. The van der Waals surface area contributed by atoms with E-state index in [9.17, 15) is 0 Å². The Kier molecular flexibility index (Phi) is 5.89. The molecule has 2 heterocycles. The highest BCUT2D eigenvalue weighted by atomic mass is 32.1. The molecule has 0 fully saturated rings. The molecule has 0 spiro atoms. The molecule has 0 aliphatic heterocycles. The van der Waals surface area contributed by atoms with Crippen LogP contribution < -0.4 is 0 Å². The van der Waals surface area contributed by atoms with Gasteiger partial charge in [-0.2, -0.15) is 0 Å². The number of rotatable bonds is 3. The van der Waals surface area contributed by atoms with Gasteiger partial charge in [-0.25, -0.2) is 0 Å². The molecule has 0 bridgehead atoms. The van der Waals surface area contributed by atoms with Crippen molar-refractivity contribution in [3.63, 3.8) is 0 Å². The molecule has 2 heteroatoms. The summed E-state index contributed by atoms with van der Waals surface area (Å²) in [4.78, 5) is 6.20. The maximum Gasteiger partial charge on any atom is 0.0880 e. The minimum Gasteiger partial charge on any atom is -0.255 e. The Morgan fingerprint density at radius 1 is 0.657 bits per heavy atom. The van der Waals surface area contributed by atoms with Crippen LogP contribution in [0, 0.1) is 27.7 Å². The molecular weight excluding hydrogens is 442 g/mol. The predicted octanol–water partition coefficient (Wildman–Crippen LogP) is 9.83. The minimum absolute atomic E-state index is 0.0212. The Hall–Kier alpha value is -3.23. The lowest BCUT2D eigenvalue weighted by molar-refractivity contribution is 0.592. The summed E-state index contributed by atoms with van der Waals surface area (Å²) in [5.41, 5.74) is 12.7. The molecule has 35 heavy (non-hydrogen) atoms. The largest absolute Gasteiger partial charge is 0.255 e. The smallest absolute Gasteiger partial charge is 0.0880 e. The zero-order chi connectivity index (χ0) is 24.9. The predicted molar refractivity (Wildman–Crippen MR) is 154 cm³/mol. The molecule has 0 radical (unpaired) electrons. The van der Waals surface area contributed by atoms with Gasteiger partial charge >= 0.3 is 0 Å². The van der Waals surface area contributed by atoms with Crippen molar-refractivity contribution in [2.45, 2.75) is 53.9 Å². The monoisotopic (exact) mass is 475 g/mol. The van der Waals surface area contributed by atoms with Crippen molar-refractivity contribution in [3.05, 3.63) is 101 Å². The molecule has 0 saturated carbocycles. The average molecular weight is 476 g/mol. The van der Waals surface area contributed by atoms with Crippen molar-refractivity contribution in [2.75, 3.05) is 0 Å². The van der Waals surface area contributed by atoms with Crippen molar-refractivity contribution in [1.82, 2.24) is 4.98 Å². The van der Waals surface area contributed by atoms with Crippen LogP contribution in [0.4, 0.5) is 0 Å². The maximum absolute atomic E-state index is 4.85. The van der Waals surface area contributed by atoms with Crippen LogP contribution in [0.15, 0.2) is 72.9 Å². The lowest BCUT2D eigenvalue weighted by Gasteiger charge is -2.24. The second kappa shape index (κ2) is 8.77. The average Bonchev–Trinajstić information content (AvgIpc) is 3.14. The number of hydrogen-bond acceptors (Lipinski definition) is 2. The lowest BCUT2D eigenvalue weighted by Crippen LogP contribution is -2.13. The Balaban J connectivity index is 1.71. The number of aryl methyl sites for hydroxylation is 4. The van der Waals surface area contributed by atoms with Gasteiger partial charge in [0, 0.05) is 16.6 Å². The second-order valence-electron chi connectivity index (χ2n) is 10.8. The first-order valence-electron chi connectivity index (χ1n) is 12.3. The van der Waals surface area contributed by atoms with Crippen LogP contribution in [0.2, 0.25) is 0 Å². The van der Waals surface area contributed by atoms with Crippen molar-refractivity contribution in [3.8, 4) is 32.8 Å². The first-order chi connectivity index (χ1) is 16.6. The molecule has 176 valence electrons. The van der Waals surface area contributed by atoms with Gasteiger partial charge in [0.05, 0.1) is 10.4 Å². The van der Waals surface area contributed by atoms with E-state index in [4.69, 9.17) is 4.98 Å². The van der Waals surface area contributed by atoms with Crippen LogP contribution in [0.5, 0.6) is 0 Å². The summed E-state index contributed by atoms with van der Waals surface area (Å²) in [7, 11) is 0. The lowest BCUT2D eigenvalue weighted by atomic mass is 9.81. The molecule has 0 aliphatic rings. The highest BCUT2D eigenvalue weighted by molar-refractivity contribution is 7.23. The fourth-order valence-corrected chi connectivity index (χ4v) is 6.36. The summed E-state index contributed by atoms with van der Waals surface area (Å²) >= 11 is 1.88. The van der Waals surface area contributed by atoms with Gasteiger partial charge in [0.2, 0.25) is 0 Å². The van der Waals surface area contributed by atoms with Crippen molar-refractivity contribution in [2.24, 2.45) is 0 Å². The fourth-order valence-electron chi connectivity index (χ4n) is 5.01. The van der Waals surface area contributed by atoms with Crippen LogP contribution >= 0.6 is 11.3 Å². The summed E-state index contributed by atoms with van der Waals surface area (Å²) in [6.45, 7) is 15.7. The molecule has 0 N–H and O–H groups in total. The number of aromatic nitrogens is 1. The van der Waals surface area contributed by atoms with Crippen molar-refractivity contribution < 1.29 is 0 Å². The summed E-state index contributed by atoms with van der Waals surface area (Å²) in [6.07, 6.45) is 1.96. The van der Waals surface area contributed by atoms with Gasteiger partial charge in [0.1, 0.15) is 0 Å². The van der Waals surface area contributed by atoms with Crippen LogP contribution in [-0.2, 0) is 5.41 Å². The van der Waals surface area contributed by atoms with E-state index >= 15 is 0 Å². The molecule has 0 amide bonds. The van der Waals surface area contributed by atoms with Crippen molar-refractivity contribution in [1.29, 1.82) is 0 Å². The Labute approximate surface area is 213 Å². The molecule has 0 atom stereocenters. The fraction of sp³-hybridized carbons (Fsp3) is 0.242. The Bertz CT molecular complexity index is 1530. The SMILES string of the molecule is Cc1ccc(-c2ccc(-c3sc4c(-c5cc(C)cc(C)c5)nccc4c3C)c(C(C)(C)C)c2)cc1. The van der Waals surface area contributed by atoms with Gasteiger partial charge in [-0.3, -0.25) is 4.98 Å². The van der Waals surface area contributed by atoms with Crippen LogP contribution in [0.3, 0.4) is 0 Å². The first kappa shape index (κ1) is 23.5. The molecule has 0 unspecified atom stereocenters. The van der Waals surface area contributed by atoms with E-state index < -0.39 is 0 Å². The zero-order valence-corrected chi connectivity index (χ0v) is 22.6. The van der Waals surface area contributed by atoms with E-state index in [1.165, 1.54) is 65.0 Å². The van der Waals surface area contributed by atoms with E-state index in [2.05, 4.69) is 115 Å². The quantitative estimate of drug-likeness (QED) is 0.253. The summed E-state index contributed by atoms with van der Waals surface area (Å²) in [5.74, 6) is 0. The number of fused-ring (bicyclic) bond motifs is 1. The molecule has 3 aromatic carbocycles. The van der Waals surface area contributed by atoms with E-state index in [1.807, 2.05) is 17.5 Å². The number of hydrogen-bond donors (Lipinski definition) is 0. The topological polar surface area (TPSA) is 12.9 Å². The number of nitrogens with zero attached hydrogens (tertiary/aromatic N) is 1. The third-order valence-electron chi connectivity index (χ3n) is 6.81. The van der Waals surface area contributed by atoms with Gasteiger partial charge < -0.3 is 0 Å². The molecular formula is C33H33NS.